The first-order valence-corrected chi connectivity index (χ1v) is 7.33. The number of halogens is 1. The van der Waals surface area contributed by atoms with E-state index in [9.17, 15) is 9.59 Å². The summed E-state index contributed by atoms with van der Waals surface area (Å²) in [4.78, 5) is 22.8. The van der Waals surface area contributed by atoms with Crippen LogP contribution in [0.5, 0.6) is 5.75 Å². The number of aliphatic carboxylic acids is 1. The molecule has 1 aromatic rings. The molecule has 1 fully saturated rings. The van der Waals surface area contributed by atoms with Crippen LogP contribution in [-0.2, 0) is 9.59 Å². The normalized spacial score (nSPS) is 21.6. The summed E-state index contributed by atoms with van der Waals surface area (Å²) >= 11 is 5.93. The van der Waals surface area contributed by atoms with E-state index in [1.165, 1.54) is 0 Å². The maximum absolute atomic E-state index is 11.8. The van der Waals surface area contributed by atoms with Crippen LogP contribution in [0.3, 0.4) is 0 Å². The Kier molecular flexibility index (Phi) is 5.44. The molecule has 0 aromatic heterocycles. The molecule has 6 heteroatoms. The summed E-state index contributed by atoms with van der Waals surface area (Å²) in [6, 6.07) is 6.84. The van der Waals surface area contributed by atoms with E-state index in [0.717, 1.165) is 12.8 Å². The zero-order chi connectivity index (χ0) is 15.2. The maximum atomic E-state index is 11.8. The summed E-state index contributed by atoms with van der Waals surface area (Å²) < 4.78 is 5.35. The number of carbonyl (C=O) groups is 2. The minimum absolute atomic E-state index is 0.0952. The number of nitrogens with one attached hydrogen (secondary N) is 1. The van der Waals surface area contributed by atoms with Crippen molar-refractivity contribution in [3.05, 3.63) is 29.3 Å². The van der Waals surface area contributed by atoms with E-state index in [1.54, 1.807) is 24.3 Å². The highest BCUT2D eigenvalue weighted by Crippen LogP contribution is 2.25. The Morgan fingerprint density at radius 3 is 2.81 bits per heavy atom. The molecule has 0 spiro atoms. The zero-order valence-electron chi connectivity index (χ0n) is 11.5. The van der Waals surface area contributed by atoms with Crippen molar-refractivity contribution in [3.63, 3.8) is 0 Å². The molecule has 21 heavy (non-hydrogen) atoms. The van der Waals surface area contributed by atoms with Gasteiger partial charge in [-0.25, -0.2) is 0 Å². The van der Waals surface area contributed by atoms with Gasteiger partial charge in [0.15, 0.2) is 6.61 Å². The third-order valence-corrected chi connectivity index (χ3v) is 3.90. The van der Waals surface area contributed by atoms with Crippen molar-refractivity contribution in [2.24, 2.45) is 5.92 Å². The van der Waals surface area contributed by atoms with Crippen LogP contribution >= 0.6 is 11.6 Å². The van der Waals surface area contributed by atoms with Gasteiger partial charge in [-0.2, -0.15) is 0 Å². The van der Waals surface area contributed by atoms with Gasteiger partial charge in [-0.15, -0.1) is 0 Å². The maximum Gasteiger partial charge on any atom is 0.306 e. The molecule has 2 unspecified atom stereocenters. The van der Waals surface area contributed by atoms with Gasteiger partial charge in [0.05, 0.1) is 10.9 Å². The number of amides is 1. The Balaban J connectivity index is 1.79. The second kappa shape index (κ2) is 7.31. The first kappa shape index (κ1) is 15.6. The van der Waals surface area contributed by atoms with E-state index in [2.05, 4.69) is 5.32 Å². The Morgan fingerprint density at radius 2 is 2.10 bits per heavy atom. The molecule has 2 N–H and O–H groups in total. The molecule has 0 bridgehead atoms. The van der Waals surface area contributed by atoms with Crippen molar-refractivity contribution in [2.75, 3.05) is 6.61 Å². The highest BCUT2D eigenvalue weighted by Gasteiger charge is 2.27. The fourth-order valence-electron chi connectivity index (χ4n) is 2.52. The summed E-state index contributed by atoms with van der Waals surface area (Å²) in [7, 11) is 0. The van der Waals surface area contributed by atoms with Crippen LogP contribution in [0.15, 0.2) is 24.3 Å². The summed E-state index contributed by atoms with van der Waals surface area (Å²) in [5.74, 6) is -0.956. The third kappa shape index (κ3) is 4.63. The predicted octanol–water partition coefficient (Wildman–Crippen LogP) is 2.48. The van der Waals surface area contributed by atoms with Crippen molar-refractivity contribution < 1.29 is 19.4 Å². The number of carbonyl (C=O) groups excluding carboxylic acids is 1. The molecule has 1 aliphatic rings. The molecule has 5 nitrogen and oxygen atoms in total. The number of hydrogen-bond donors (Lipinski definition) is 2. The topological polar surface area (TPSA) is 75.6 Å². The van der Waals surface area contributed by atoms with Gasteiger partial charge >= 0.3 is 5.97 Å². The molecule has 0 aliphatic heterocycles. The average Bonchev–Trinajstić information content (AvgIpc) is 2.46. The summed E-state index contributed by atoms with van der Waals surface area (Å²) in [5, 5.41) is 12.3. The van der Waals surface area contributed by atoms with Gasteiger partial charge in [0, 0.05) is 6.04 Å². The molecule has 2 rings (SSSR count). The second-order valence-corrected chi connectivity index (χ2v) is 5.59. The molecular formula is C15H18ClNO4. The molecule has 0 saturated heterocycles. The lowest BCUT2D eigenvalue weighted by Gasteiger charge is -2.27. The van der Waals surface area contributed by atoms with Crippen LogP contribution < -0.4 is 10.1 Å². The Labute approximate surface area is 128 Å². The van der Waals surface area contributed by atoms with E-state index in [-0.39, 0.29) is 24.5 Å². The quantitative estimate of drug-likeness (QED) is 0.876. The fraction of sp³-hybridized carbons (Fsp3) is 0.467. The Morgan fingerprint density at radius 1 is 1.33 bits per heavy atom. The minimum Gasteiger partial charge on any atom is -0.482 e. The van der Waals surface area contributed by atoms with E-state index < -0.39 is 5.97 Å². The van der Waals surface area contributed by atoms with Gasteiger partial charge in [-0.1, -0.05) is 30.2 Å². The van der Waals surface area contributed by atoms with Crippen molar-refractivity contribution in [1.82, 2.24) is 5.32 Å². The van der Waals surface area contributed by atoms with Crippen LogP contribution in [0.4, 0.5) is 0 Å². The molecule has 1 amide bonds. The van der Waals surface area contributed by atoms with Crippen LogP contribution in [0.2, 0.25) is 5.02 Å². The highest BCUT2D eigenvalue weighted by molar-refractivity contribution is 6.32. The fourth-order valence-corrected chi connectivity index (χ4v) is 2.71. The van der Waals surface area contributed by atoms with Gasteiger partial charge in [0.2, 0.25) is 0 Å². The standard InChI is InChI=1S/C15H18ClNO4/c16-12-6-1-2-7-13(12)21-9-14(18)17-11-5-3-4-10(8-11)15(19)20/h1-2,6-7,10-11H,3-5,8-9H2,(H,17,18)(H,19,20). The lowest BCUT2D eigenvalue weighted by Crippen LogP contribution is -2.41. The van der Waals surface area contributed by atoms with Crippen molar-refractivity contribution in [1.29, 1.82) is 0 Å². The molecular weight excluding hydrogens is 294 g/mol. The van der Waals surface area contributed by atoms with Crippen LogP contribution in [0.25, 0.3) is 0 Å². The number of benzene rings is 1. The van der Waals surface area contributed by atoms with Crippen molar-refractivity contribution in [3.8, 4) is 5.75 Å². The van der Waals surface area contributed by atoms with Gasteiger partial charge < -0.3 is 15.2 Å². The minimum atomic E-state index is -0.790. The molecule has 0 radical (unpaired) electrons. The average molecular weight is 312 g/mol. The largest absolute Gasteiger partial charge is 0.482 e. The SMILES string of the molecule is O=C(COc1ccccc1Cl)NC1CCCC(C(=O)O)C1. The first-order valence-electron chi connectivity index (χ1n) is 6.95. The van der Waals surface area contributed by atoms with E-state index in [1.807, 2.05) is 0 Å². The van der Waals surface area contributed by atoms with Gasteiger partial charge in [0.25, 0.3) is 5.91 Å². The third-order valence-electron chi connectivity index (χ3n) is 3.58. The number of carboxylic acids is 1. The summed E-state index contributed by atoms with van der Waals surface area (Å²) in [6.45, 7) is -0.127. The van der Waals surface area contributed by atoms with Gasteiger partial charge in [0.1, 0.15) is 5.75 Å². The van der Waals surface area contributed by atoms with Crippen molar-refractivity contribution in [2.45, 2.75) is 31.7 Å². The lowest BCUT2D eigenvalue weighted by atomic mass is 9.86. The molecule has 2 atom stereocenters. The van der Waals surface area contributed by atoms with Crippen molar-refractivity contribution >= 4 is 23.5 Å². The van der Waals surface area contributed by atoms with E-state index in [0.29, 0.717) is 23.6 Å². The van der Waals surface area contributed by atoms with E-state index >= 15 is 0 Å². The number of rotatable bonds is 5. The molecule has 0 heterocycles. The van der Waals surface area contributed by atoms with Gasteiger partial charge in [-0.05, 0) is 31.4 Å². The summed E-state index contributed by atoms with van der Waals surface area (Å²) in [5.41, 5.74) is 0. The number of hydrogen-bond acceptors (Lipinski definition) is 3. The second-order valence-electron chi connectivity index (χ2n) is 5.19. The first-order chi connectivity index (χ1) is 10.1. The Bertz CT molecular complexity index is 520. The molecule has 114 valence electrons. The number of ether oxygens (including phenoxy) is 1. The van der Waals surface area contributed by atoms with Crippen LogP contribution in [-0.4, -0.2) is 29.6 Å². The Hall–Kier alpha value is -1.75. The summed E-state index contributed by atoms with van der Waals surface area (Å²) in [6.07, 6.45) is 2.78. The van der Waals surface area contributed by atoms with Gasteiger partial charge in [-0.3, -0.25) is 9.59 Å². The zero-order valence-corrected chi connectivity index (χ0v) is 12.3. The van der Waals surface area contributed by atoms with E-state index in [4.69, 9.17) is 21.4 Å². The molecule has 1 aromatic carbocycles. The molecule has 1 saturated carbocycles. The number of carboxylic acid groups (broad SMARTS) is 1. The lowest BCUT2D eigenvalue weighted by molar-refractivity contribution is -0.143. The van der Waals surface area contributed by atoms with Crippen LogP contribution in [0, 0.1) is 5.92 Å². The predicted molar refractivity (Wildman–Crippen MR) is 78.5 cm³/mol. The molecule has 1 aliphatic carbocycles. The smallest absolute Gasteiger partial charge is 0.306 e. The van der Waals surface area contributed by atoms with Crippen LogP contribution in [0.1, 0.15) is 25.7 Å². The highest BCUT2D eigenvalue weighted by atomic mass is 35.5. The number of para-hydroxylation sites is 1. The monoisotopic (exact) mass is 311 g/mol.